The summed E-state index contributed by atoms with van der Waals surface area (Å²) in [7, 11) is 0. The van der Waals surface area contributed by atoms with Crippen molar-refractivity contribution in [1.82, 2.24) is 14.7 Å². The van der Waals surface area contributed by atoms with Crippen molar-refractivity contribution in [3.05, 3.63) is 64.7 Å². The lowest BCUT2D eigenvalue weighted by Crippen LogP contribution is -2.54. The van der Waals surface area contributed by atoms with Crippen molar-refractivity contribution in [2.75, 3.05) is 63.8 Å². The summed E-state index contributed by atoms with van der Waals surface area (Å²) in [4.78, 5) is 33.8. The lowest BCUT2D eigenvalue weighted by Gasteiger charge is -2.38. The molecular weight excluding hydrogens is 412 g/mol. The molecule has 2 aliphatic heterocycles. The molecule has 0 unspecified atom stereocenters. The number of piperazine rings is 2. The van der Waals surface area contributed by atoms with Crippen molar-refractivity contribution < 1.29 is 9.59 Å². The minimum absolute atomic E-state index is 0.0381. The van der Waals surface area contributed by atoms with Crippen molar-refractivity contribution in [2.45, 2.75) is 6.92 Å². The maximum Gasteiger partial charge on any atom is 0.255 e. The van der Waals surface area contributed by atoms with Gasteiger partial charge in [-0.2, -0.15) is 0 Å². The lowest BCUT2D eigenvalue weighted by atomic mass is 10.1. The number of carbonyl (C=O) groups is 2. The highest BCUT2D eigenvalue weighted by Crippen LogP contribution is 2.19. The number of nitrogens with zero attached hydrogens (tertiary/aromatic N) is 4. The van der Waals surface area contributed by atoms with E-state index in [1.54, 1.807) is 12.1 Å². The second-order valence-electron chi connectivity index (χ2n) is 8.26. The van der Waals surface area contributed by atoms with E-state index in [1.807, 2.05) is 21.9 Å². The van der Waals surface area contributed by atoms with Gasteiger partial charge in [-0.15, -0.1) is 0 Å². The van der Waals surface area contributed by atoms with Gasteiger partial charge in [0.15, 0.2) is 0 Å². The smallest absolute Gasteiger partial charge is 0.255 e. The van der Waals surface area contributed by atoms with E-state index in [0.717, 1.165) is 26.2 Å². The van der Waals surface area contributed by atoms with Crippen molar-refractivity contribution >= 4 is 29.1 Å². The predicted molar refractivity (Wildman–Crippen MR) is 124 cm³/mol. The summed E-state index contributed by atoms with van der Waals surface area (Å²) in [5, 5.41) is 0.481. The van der Waals surface area contributed by atoms with E-state index in [1.165, 1.54) is 11.3 Å². The van der Waals surface area contributed by atoms with Crippen LogP contribution in [0, 0.1) is 6.92 Å². The van der Waals surface area contributed by atoms with E-state index in [9.17, 15) is 9.59 Å². The van der Waals surface area contributed by atoms with E-state index < -0.39 is 0 Å². The van der Waals surface area contributed by atoms with Crippen LogP contribution in [0.15, 0.2) is 48.5 Å². The summed E-state index contributed by atoms with van der Waals surface area (Å²) in [6.45, 7) is 8.34. The molecule has 0 aromatic heterocycles. The fourth-order valence-corrected chi connectivity index (χ4v) is 4.46. The molecule has 4 rings (SSSR count). The second kappa shape index (κ2) is 9.71. The predicted octanol–water partition coefficient (Wildman–Crippen LogP) is 2.76. The molecule has 0 N–H and O–H groups in total. The first-order valence-electron chi connectivity index (χ1n) is 10.9. The molecule has 0 saturated carbocycles. The molecule has 2 heterocycles. The first-order valence-corrected chi connectivity index (χ1v) is 11.2. The Morgan fingerprint density at radius 2 is 1.52 bits per heavy atom. The molecule has 0 aliphatic carbocycles. The van der Waals surface area contributed by atoms with Gasteiger partial charge in [0.1, 0.15) is 0 Å². The molecule has 7 heteroatoms. The molecule has 2 aromatic rings. The average molecular weight is 441 g/mol. The fraction of sp³-hybridized carbons (Fsp3) is 0.417. The summed E-state index contributed by atoms with van der Waals surface area (Å²) in [6.07, 6.45) is 0. The number of amides is 2. The van der Waals surface area contributed by atoms with Crippen LogP contribution in [0.1, 0.15) is 15.9 Å². The van der Waals surface area contributed by atoms with Crippen LogP contribution in [0.5, 0.6) is 0 Å². The summed E-state index contributed by atoms with van der Waals surface area (Å²) >= 11 is 6.17. The highest BCUT2D eigenvalue weighted by atomic mass is 35.5. The molecule has 164 valence electrons. The van der Waals surface area contributed by atoms with Gasteiger partial charge in [-0.25, -0.2) is 0 Å². The van der Waals surface area contributed by atoms with Crippen molar-refractivity contribution in [3.63, 3.8) is 0 Å². The Kier molecular flexibility index (Phi) is 6.78. The SMILES string of the molecule is Cc1cccc(N2CCN(C(=O)CN3CCN(C(=O)c4ccccc4Cl)CC3)CC2)c1. The monoisotopic (exact) mass is 440 g/mol. The number of aryl methyl sites for hydroxylation is 1. The molecule has 6 nitrogen and oxygen atoms in total. The molecule has 2 aliphatic rings. The molecule has 0 atom stereocenters. The Hall–Kier alpha value is -2.57. The molecule has 2 amide bonds. The van der Waals surface area contributed by atoms with Crippen LogP contribution in [-0.4, -0.2) is 85.4 Å². The third kappa shape index (κ3) is 5.20. The molecule has 2 aromatic carbocycles. The number of carbonyl (C=O) groups excluding carboxylic acids is 2. The molecule has 31 heavy (non-hydrogen) atoms. The summed E-state index contributed by atoms with van der Waals surface area (Å²) < 4.78 is 0. The van der Waals surface area contributed by atoms with Crippen LogP contribution in [0.3, 0.4) is 0 Å². The van der Waals surface area contributed by atoms with Gasteiger partial charge in [0, 0.05) is 58.0 Å². The lowest BCUT2D eigenvalue weighted by molar-refractivity contribution is -0.133. The molecular formula is C24H29ClN4O2. The third-order valence-corrected chi connectivity index (χ3v) is 6.45. The van der Waals surface area contributed by atoms with Gasteiger partial charge in [0.05, 0.1) is 17.1 Å². The van der Waals surface area contributed by atoms with E-state index >= 15 is 0 Å². The first-order chi connectivity index (χ1) is 15.0. The Balaban J connectivity index is 1.23. The average Bonchev–Trinajstić information content (AvgIpc) is 2.79. The topological polar surface area (TPSA) is 47.1 Å². The first kappa shape index (κ1) is 21.7. The van der Waals surface area contributed by atoms with Crippen LogP contribution in [0.25, 0.3) is 0 Å². The largest absolute Gasteiger partial charge is 0.368 e. The highest BCUT2D eigenvalue weighted by Gasteiger charge is 2.27. The van der Waals surface area contributed by atoms with Crippen molar-refractivity contribution in [1.29, 1.82) is 0 Å². The van der Waals surface area contributed by atoms with Crippen molar-refractivity contribution in [3.8, 4) is 0 Å². The van der Waals surface area contributed by atoms with Gasteiger partial charge < -0.3 is 14.7 Å². The minimum atomic E-state index is -0.0381. The maximum atomic E-state index is 12.8. The molecule has 0 spiro atoms. The van der Waals surface area contributed by atoms with E-state index in [0.29, 0.717) is 43.3 Å². The number of hydrogen-bond acceptors (Lipinski definition) is 4. The Morgan fingerprint density at radius 3 is 2.19 bits per heavy atom. The van der Waals surface area contributed by atoms with Crippen LogP contribution >= 0.6 is 11.6 Å². The Morgan fingerprint density at radius 1 is 0.839 bits per heavy atom. The molecule has 2 fully saturated rings. The van der Waals surface area contributed by atoms with E-state index in [2.05, 4.69) is 41.0 Å². The van der Waals surface area contributed by atoms with Gasteiger partial charge in [0.2, 0.25) is 5.91 Å². The minimum Gasteiger partial charge on any atom is -0.368 e. The molecule has 0 radical (unpaired) electrons. The maximum absolute atomic E-state index is 12.8. The number of anilines is 1. The Bertz CT molecular complexity index is 935. The van der Waals surface area contributed by atoms with E-state index in [4.69, 9.17) is 11.6 Å². The number of halogens is 1. The normalized spacial score (nSPS) is 17.7. The zero-order valence-corrected chi connectivity index (χ0v) is 18.7. The number of hydrogen-bond donors (Lipinski definition) is 0. The van der Waals surface area contributed by atoms with Gasteiger partial charge in [-0.05, 0) is 36.8 Å². The Labute approximate surface area is 189 Å². The standard InChI is InChI=1S/C24H29ClN4O2/c1-19-5-4-6-20(17-19)27-13-15-28(16-14-27)23(30)18-26-9-11-29(12-10-26)24(31)21-7-2-3-8-22(21)25/h2-8,17H,9-16,18H2,1H3. The van der Waals surface area contributed by atoms with Crippen LogP contribution < -0.4 is 4.90 Å². The number of benzene rings is 2. The van der Waals surface area contributed by atoms with Gasteiger partial charge >= 0.3 is 0 Å². The molecule has 2 saturated heterocycles. The summed E-state index contributed by atoms with van der Waals surface area (Å²) in [5.41, 5.74) is 3.02. The summed E-state index contributed by atoms with van der Waals surface area (Å²) in [5.74, 6) is 0.138. The van der Waals surface area contributed by atoms with Crippen LogP contribution in [0.4, 0.5) is 5.69 Å². The van der Waals surface area contributed by atoms with Crippen LogP contribution in [-0.2, 0) is 4.79 Å². The van der Waals surface area contributed by atoms with E-state index in [-0.39, 0.29) is 11.8 Å². The highest BCUT2D eigenvalue weighted by molar-refractivity contribution is 6.33. The zero-order chi connectivity index (χ0) is 21.8. The van der Waals surface area contributed by atoms with Crippen LogP contribution in [0.2, 0.25) is 5.02 Å². The number of rotatable bonds is 4. The zero-order valence-electron chi connectivity index (χ0n) is 18.0. The van der Waals surface area contributed by atoms with Gasteiger partial charge in [0.25, 0.3) is 5.91 Å². The van der Waals surface area contributed by atoms with Gasteiger partial charge in [-0.3, -0.25) is 14.5 Å². The quantitative estimate of drug-likeness (QED) is 0.733. The second-order valence-corrected chi connectivity index (χ2v) is 8.66. The third-order valence-electron chi connectivity index (χ3n) is 6.12. The van der Waals surface area contributed by atoms with Gasteiger partial charge in [-0.1, -0.05) is 35.9 Å². The van der Waals surface area contributed by atoms with Crippen molar-refractivity contribution in [2.24, 2.45) is 0 Å². The fourth-order valence-electron chi connectivity index (χ4n) is 4.24. The molecule has 0 bridgehead atoms. The summed E-state index contributed by atoms with van der Waals surface area (Å²) in [6, 6.07) is 15.7.